The number of aromatic nitrogens is 2. The summed E-state index contributed by atoms with van der Waals surface area (Å²) in [6, 6.07) is 0.280. The lowest BCUT2D eigenvalue weighted by Crippen LogP contribution is -2.18. The van der Waals surface area contributed by atoms with Gasteiger partial charge in [-0.2, -0.15) is 16.9 Å². The van der Waals surface area contributed by atoms with Crippen LogP contribution in [0, 0.1) is 0 Å². The smallest absolute Gasteiger partial charge is 0.0834 e. The monoisotopic (exact) mass is 247 g/mol. The zero-order chi connectivity index (χ0) is 11.4. The van der Waals surface area contributed by atoms with E-state index in [0.717, 1.165) is 17.9 Å². The van der Waals surface area contributed by atoms with Crippen LogP contribution in [-0.2, 0) is 0 Å². The average molecular weight is 248 g/mol. The van der Waals surface area contributed by atoms with E-state index in [0.29, 0.717) is 11.1 Å². The van der Waals surface area contributed by atoms with E-state index in [9.17, 15) is 0 Å². The van der Waals surface area contributed by atoms with E-state index in [1.54, 1.807) is 18.0 Å². The lowest BCUT2D eigenvalue weighted by atomic mass is 10.1. The lowest BCUT2D eigenvalue weighted by molar-refractivity contribution is 0.483. The molecule has 1 aromatic heterocycles. The molecule has 1 heterocycles. The summed E-state index contributed by atoms with van der Waals surface area (Å²) >= 11 is 7.89. The molecule has 0 saturated carbocycles. The Morgan fingerprint density at radius 1 is 1.60 bits per heavy atom. The minimum Gasteiger partial charge on any atom is -0.323 e. The molecular weight excluding hydrogens is 230 g/mol. The highest BCUT2D eigenvalue weighted by Gasteiger charge is 2.17. The Kier molecular flexibility index (Phi) is 4.96. The molecule has 1 aromatic rings. The van der Waals surface area contributed by atoms with Gasteiger partial charge in [0.15, 0.2) is 0 Å². The third-order valence-corrected chi connectivity index (χ3v) is 3.20. The zero-order valence-corrected chi connectivity index (χ0v) is 11.0. The van der Waals surface area contributed by atoms with Crippen LogP contribution in [0.25, 0.3) is 0 Å². The molecule has 3 nitrogen and oxygen atoms in total. The Morgan fingerprint density at radius 3 is 2.80 bits per heavy atom. The van der Waals surface area contributed by atoms with E-state index >= 15 is 0 Å². The van der Waals surface area contributed by atoms with Crippen LogP contribution in [0.5, 0.6) is 0 Å². The molecule has 0 aliphatic rings. The molecule has 15 heavy (non-hydrogen) atoms. The van der Waals surface area contributed by atoms with Crippen molar-refractivity contribution in [2.45, 2.75) is 32.4 Å². The molecule has 1 atom stereocenters. The molecule has 0 spiro atoms. The SMILES string of the molecule is CSCCC(N)c1c(Cl)cnn1C(C)C. The molecule has 0 amide bonds. The molecular formula is C10H18ClN3S. The molecule has 0 saturated heterocycles. The molecule has 0 aromatic carbocycles. The molecule has 0 fully saturated rings. The number of thioether (sulfide) groups is 1. The van der Waals surface area contributed by atoms with Crippen molar-refractivity contribution in [1.82, 2.24) is 9.78 Å². The average Bonchev–Trinajstić information content (AvgIpc) is 2.56. The summed E-state index contributed by atoms with van der Waals surface area (Å²) in [5, 5.41) is 4.92. The van der Waals surface area contributed by atoms with Crippen molar-refractivity contribution in [3.05, 3.63) is 16.9 Å². The van der Waals surface area contributed by atoms with Crippen LogP contribution in [0.2, 0.25) is 5.02 Å². The first-order valence-corrected chi connectivity index (χ1v) is 6.82. The van der Waals surface area contributed by atoms with E-state index < -0.39 is 0 Å². The van der Waals surface area contributed by atoms with Crippen LogP contribution < -0.4 is 5.73 Å². The summed E-state index contributed by atoms with van der Waals surface area (Å²) < 4.78 is 1.91. The summed E-state index contributed by atoms with van der Waals surface area (Å²) in [5.41, 5.74) is 7.07. The number of rotatable bonds is 5. The quantitative estimate of drug-likeness (QED) is 0.870. The molecule has 86 valence electrons. The predicted octanol–water partition coefficient (Wildman–Crippen LogP) is 2.87. The number of hydrogen-bond donors (Lipinski definition) is 1. The minimum absolute atomic E-state index is 0.0187. The van der Waals surface area contributed by atoms with Crippen molar-refractivity contribution < 1.29 is 0 Å². The van der Waals surface area contributed by atoms with Crippen molar-refractivity contribution in [3.63, 3.8) is 0 Å². The highest BCUT2D eigenvalue weighted by atomic mass is 35.5. The second-order valence-corrected chi connectivity index (χ2v) is 5.20. The predicted molar refractivity (Wildman–Crippen MR) is 67.5 cm³/mol. The van der Waals surface area contributed by atoms with Crippen molar-refractivity contribution in [3.8, 4) is 0 Å². The molecule has 0 radical (unpaired) electrons. The van der Waals surface area contributed by atoms with Crippen LogP contribution in [0.3, 0.4) is 0 Å². The Labute approximate surface area is 100 Å². The molecule has 2 N–H and O–H groups in total. The van der Waals surface area contributed by atoms with Crippen molar-refractivity contribution in [1.29, 1.82) is 0 Å². The van der Waals surface area contributed by atoms with Crippen LogP contribution in [-0.4, -0.2) is 21.8 Å². The van der Waals surface area contributed by atoms with Gasteiger partial charge in [-0.05, 0) is 32.3 Å². The lowest BCUT2D eigenvalue weighted by Gasteiger charge is -2.16. The molecule has 0 aliphatic heterocycles. The Morgan fingerprint density at radius 2 is 2.27 bits per heavy atom. The van der Waals surface area contributed by atoms with Gasteiger partial charge in [-0.3, -0.25) is 4.68 Å². The largest absolute Gasteiger partial charge is 0.323 e. The van der Waals surface area contributed by atoms with Gasteiger partial charge in [0.05, 0.1) is 16.9 Å². The summed E-state index contributed by atoms with van der Waals surface area (Å²) in [6.45, 7) is 4.15. The molecule has 1 unspecified atom stereocenters. The van der Waals surface area contributed by atoms with Gasteiger partial charge >= 0.3 is 0 Å². The van der Waals surface area contributed by atoms with Crippen molar-refractivity contribution >= 4 is 23.4 Å². The van der Waals surface area contributed by atoms with Gasteiger partial charge in [-0.15, -0.1) is 0 Å². The van der Waals surface area contributed by atoms with Crippen molar-refractivity contribution in [2.75, 3.05) is 12.0 Å². The Hall–Kier alpha value is -0.190. The zero-order valence-electron chi connectivity index (χ0n) is 9.40. The van der Waals surface area contributed by atoms with Crippen LogP contribution in [0.1, 0.15) is 38.0 Å². The summed E-state index contributed by atoms with van der Waals surface area (Å²) in [5.74, 6) is 1.04. The third-order valence-electron chi connectivity index (χ3n) is 2.26. The van der Waals surface area contributed by atoms with Gasteiger partial charge in [0, 0.05) is 12.1 Å². The fourth-order valence-electron chi connectivity index (χ4n) is 1.49. The van der Waals surface area contributed by atoms with Gasteiger partial charge in [-0.25, -0.2) is 0 Å². The topological polar surface area (TPSA) is 43.8 Å². The fraction of sp³-hybridized carbons (Fsp3) is 0.700. The second kappa shape index (κ2) is 5.77. The van der Waals surface area contributed by atoms with Gasteiger partial charge in [-0.1, -0.05) is 11.6 Å². The highest BCUT2D eigenvalue weighted by molar-refractivity contribution is 7.98. The minimum atomic E-state index is -0.0187. The molecule has 0 bridgehead atoms. The first-order valence-electron chi connectivity index (χ1n) is 5.05. The summed E-state index contributed by atoms with van der Waals surface area (Å²) in [4.78, 5) is 0. The second-order valence-electron chi connectivity index (χ2n) is 3.80. The summed E-state index contributed by atoms with van der Waals surface area (Å²) in [7, 11) is 0. The Bertz CT molecular complexity index is 312. The number of halogens is 1. The Balaban J connectivity index is 2.85. The summed E-state index contributed by atoms with van der Waals surface area (Å²) in [6.07, 6.45) is 4.68. The number of nitrogens with two attached hydrogens (primary N) is 1. The molecule has 1 rings (SSSR count). The van der Waals surface area contributed by atoms with E-state index in [1.807, 2.05) is 4.68 Å². The van der Waals surface area contributed by atoms with E-state index in [-0.39, 0.29) is 6.04 Å². The number of nitrogens with zero attached hydrogens (tertiary/aromatic N) is 2. The standard InChI is InChI=1S/C10H18ClN3S/c1-7(2)14-10(8(11)6-13-14)9(12)4-5-15-3/h6-7,9H,4-5,12H2,1-3H3. The van der Waals surface area contributed by atoms with Crippen molar-refractivity contribution in [2.24, 2.45) is 5.73 Å². The fourth-order valence-corrected chi connectivity index (χ4v) is 2.25. The van der Waals surface area contributed by atoms with Gasteiger partial charge < -0.3 is 5.73 Å². The first kappa shape index (κ1) is 12.9. The maximum atomic E-state index is 6.11. The van der Waals surface area contributed by atoms with Crippen LogP contribution in [0.4, 0.5) is 0 Å². The molecule has 0 aliphatic carbocycles. The maximum absolute atomic E-state index is 6.11. The third kappa shape index (κ3) is 3.13. The maximum Gasteiger partial charge on any atom is 0.0834 e. The van der Waals surface area contributed by atoms with Gasteiger partial charge in [0.1, 0.15) is 0 Å². The first-order chi connectivity index (χ1) is 7.07. The van der Waals surface area contributed by atoms with E-state index in [1.165, 1.54) is 0 Å². The number of hydrogen-bond acceptors (Lipinski definition) is 3. The van der Waals surface area contributed by atoms with Gasteiger partial charge in [0.25, 0.3) is 0 Å². The molecule has 5 heteroatoms. The van der Waals surface area contributed by atoms with E-state index in [4.69, 9.17) is 17.3 Å². The van der Waals surface area contributed by atoms with Crippen LogP contribution in [0.15, 0.2) is 6.20 Å². The van der Waals surface area contributed by atoms with Gasteiger partial charge in [0.2, 0.25) is 0 Å². The highest BCUT2D eigenvalue weighted by Crippen LogP contribution is 2.26. The normalized spacial score (nSPS) is 13.5. The van der Waals surface area contributed by atoms with E-state index in [2.05, 4.69) is 25.2 Å². The van der Waals surface area contributed by atoms with Crippen LogP contribution >= 0.6 is 23.4 Å².